The van der Waals surface area contributed by atoms with Crippen molar-refractivity contribution in [2.75, 3.05) is 10.8 Å². The van der Waals surface area contributed by atoms with Crippen molar-refractivity contribution in [3.8, 4) is 0 Å². The van der Waals surface area contributed by atoms with E-state index >= 15 is 0 Å². The molecule has 0 aromatic heterocycles. The zero-order valence-electron chi connectivity index (χ0n) is 14.4. The Labute approximate surface area is 150 Å². The fraction of sp³-hybridized carbons (Fsp3) is 0.250. The molecule has 26 heavy (non-hydrogen) atoms. The minimum absolute atomic E-state index is 0.00597. The summed E-state index contributed by atoms with van der Waals surface area (Å²) in [5, 5.41) is 22.1. The Morgan fingerprint density at radius 2 is 1.58 bits per heavy atom. The third-order valence-electron chi connectivity index (χ3n) is 3.92. The predicted octanol–water partition coefficient (Wildman–Crippen LogP) is 3.34. The predicted molar refractivity (Wildman–Crippen MR) is 95.9 cm³/mol. The molecule has 0 unspecified atom stereocenters. The summed E-state index contributed by atoms with van der Waals surface area (Å²) in [5.74, 6) is 0. The van der Waals surface area contributed by atoms with E-state index in [0.29, 0.717) is 11.1 Å². The van der Waals surface area contributed by atoms with Crippen LogP contribution in [-0.2, 0) is 10.0 Å². The average molecular weight is 379 g/mol. The van der Waals surface area contributed by atoms with Crippen molar-refractivity contribution < 1.29 is 18.3 Å². The van der Waals surface area contributed by atoms with Crippen LogP contribution in [0.3, 0.4) is 0 Å². The Balaban J connectivity index is 2.63. The highest BCUT2D eigenvalue weighted by Crippen LogP contribution is 2.31. The average Bonchev–Trinajstić information content (AvgIpc) is 2.56. The molecule has 138 valence electrons. The van der Waals surface area contributed by atoms with Crippen molar-refractivity contribution in [3.05, 3.63) is 67.8 Å². The summed E-state index contributed by atoms with van der Waals surface area (Å²) in [6.07, 6.45) is 0. The number of non-ortho nitro benzene ring substituents is 1. The van der Waals surface area contributed by atoms with E-state index in [1.165, 1.54) is 37.3 Å². The van der Waals surface area contributed by atoms with Crippen LogP contribution in [0.25, 0.3) is 0 Å². The van der Waals surface area contributed by atoms with Gasteiger partial charge in [-0.2, -0.15) is 0 Å². The monoisotopic (exact) mass is 379 g/mol. The first-order chi connectivity index (χ1) is 12.1. The van der Waals surface area contributed by atoms with E-state index < -0.39 is 19.9 Å². The highest BCUT2D eigenvalue weighted by molar-refractivity contribution is 7.92. The van der Waals surface area contributed by atoms with Crippen LogP contribution in [0.2, 0.25) is 0 Å². The van der Waals surface area contributed by atoms with Crippen LogP contribution in [0.1, 0.15) is 18.1 Å². The van der Waals surface area contributed by atoms with Crippen LogP contribution in [0.4, 0.5) is 17.1 Å². The van der Waals surface area contributed by atoms with Crippen LogP contribution in [0.5, 0.6) is 0 Å². The molecule has 9 nitrogen and oxygen atoms in total. The van der Waals surface area contributed by atoms with Gasteiger partial charge in [0.1, 0.15) is 0 Å². The molecule has 2 rings (SSSR count). The van der Waals surface area contributed by atoms with E-state index in [9.17, 15) is 28.6 Å². The van der Waals surface area contributed by atoms with Gasteiger partial charge in [-0.25, -0.2) is 8.42 Å². The first kappa shape index (κ1) is 19.3. The molecule has 0 atom stereocenters. The summed E-state index contributed by atoms with van der Waals surface area (Å²) in [4.78, 5) is 20.6. The Hall–Kier alpha value is -3.01. The summed E-state index contributed by atoms with van der Waals surface area (Å²) < 4.78 is 27.0. The minimum atomic E-state index is -4.14. The normalized spacial score (nSPS) is 11.2. The third-order valence-corrected chi connectivity index (χ3v) is 5.81. The molecule has 0 heterocycles. The number of hydrogen-bond donors (Lipinski definition) is 0. The van der Waals surface area contributed by atoms with Gasteiger partial charge in [-0.1, -0.05) is 12.1 Å². The van der Waals surface area contributed by atoms with Crippen LogP contribution < -0.4 is 4.31 Å². The molecule has 0 saturated carbocycles. The number of nitro groups is 2. The summed E-state index contributed by atoms with van der Waals surface area (Å²) in [6, 6.07) is 7.57. The van der Waals surface area contributed by atoms with Gasteiger partial charge in [-0.3, -0.25) is 24.5 Å². The molecule has 0 fully saturated rings. The first-order valence-corrected chi connectivity index (χ1v) is 9.06. The quantitative estimate of drug-likeness (QED) is 0.560. The molecule has 0 spiro atoms. The minimum Gasteiger partial charge on any atom is -0.266 e. The highest BCUT2D eigenvalue weighted by Gasteiger charge is 2.28. The van der Waals surface area contributed by atoms with Gasteiger partial charge in [0, 0.05) is 30.3 Å². The molecule has 0 radical (unpaired) electrons. The van der Waals surface area contributed by atoms with Crippen molar-refractivity contribution in [1.82, 2.24) is 0 Å². The van der Waals surface area contributed by atoms with E-state index in [-0.39, 0.29) is 28.5 Å². The molecule has 0 aliphatic heterocycles. The number of anilines is 1. The van der Waals surface area contributed by atoms with E-state index in [1.807, 2.05) is 0 Å². The molecule has 0 saturated heterocycles. The molecular formula is C16H17N3O6S. The maximum Gasteiger partial charge on any atom is 0.273 e. The van der Waals surface area contributed by atoms with E-state index in [1.54, 1.807) is 13.8 Å². The molecular weight excluding hydrogens is 362 g/mol. The van der Waals surface area contributed by atoms with Crippen LogP contribution in [0, 0.1) is 34.1 Å². The molecule has 10 heteroatoms. The number of hydrogen-bond acceptors (Lipinski definition) is 6. The largest absolute Gasteiger partial charge is 0.273 e. The fourth-order valence-electron chi connectivity index (χ4n) is 2.52. The summed E-state index contributed by atoms with van der Waals surface area (Å²) in [6.45, 7) is 4.73. The van der Waals surface area contributed by atoms with Gasteiger partial charge in [0.15, 0.2) is 0 Å². The van der Waals surface area contributed by atoms with Gasteiger partial charge < -0.3 is 0 Å². The second-order valence-electron chi connectivity index (χ2n) is 5.60. The Kier molecular flexibility index (Phi) is 5.26. The topological polar surface area (TPSA) is 124 Å². The third kappa shape index (κ3) is 3.49. The smallest absolute Gasteiger partial charge is 0.266 e. The van der Waals surface area contributed by atoms with Gasteiger partial charge in [-0.15, -0.1) is 0 Å². The fourth-order valence-corrected chi connectivity index (χ4v) is 4.07. The maximum absolute atomic E-state index is 13.0. The first-order valence-electron chi connectivity index (χ1n) is 7.62. The van der Waals surface area contributed by atoms with Gasteiger partial charge in [0.05, 0.1) is 20.4 Å². The molecule has 0 amide bonds. The van der Waals surface area contributed by atoms with E-state index in [2.05, 4.69) is 0 Å². The van der Waals surface area contributed by atoms with Crippen molar-refractivity contribution in [2.45, 2.75) is 25.7 Å². The molecule has 0 aliphatic carbocycles. The SMILES string of the molecule is CCN(c1cc([N+](=O)[O-])ccc1C)S(=O)(=O)c1ccc(C)c([N+](=O)[O-])c1. The zero-order chi connectivity index (χ0) is 19.6. The lowest BCUT2D eigenvalue weighted by atomic mass is 10.2. The van der Waals surface area contributed by atoms with Crippen molar-refractivity contribution in [2.24, 2.45) is 0 Å². The number of benzene rings is 2. The Morgan fingerprint density at radius 1 is 0.962 bits per heavy atom. The van der Waals surface area contributed by atoms with Crippen LogP contribution >= 0.6 is 0 Å². The number of sulfonamides is 1. The highest BCUT2D eigenvalue weighted by atomic mass is 32.2. The van der Waals surface area contributed by atoms with Gasteiger partial charge in [0.25, 0.3) is 21.4 Å². The van der Waals surface area contributed by atoms with Crippen molar-refractivity contribution in [1.29, 1.82) is 0 Å². The molecule has 0 bridgehead atoms. The van der Waals surface area contributed by atoms with Crippen molar-refractivity contribution in [3.63, 3.8) is 0 Å². The molecule has 0 N–H and O–H groups in total. The van der Waals surface area contributed by atoms with Crippen LogP contribution in [0.15, 0.2) is 41.3 Å². The summed E-state index contributed by atoms with van der Waals surface area (Å²) in [5.41, 5.74) is 0.475. The van der Waals surface area contributed by atoms with Crippen molar-refractivity contribution >= 4 is 27.1 Å². The lowest BCUT2D eigenvalue weighted by Crippen LogP contribution is -2.31. The maximum atomic E-state index is 13.0. The second kappa shape index (κ2) is 7.08. The molecule has 0 aliphatic rings. The number of aryl methyl sites for hydroxylation is 2. The number of rotatable bonds is 6. The van der Waals surface area contributed by atoms with Crippen LogP contribution in [-0.4, -0.2) is 24.8 Å². The Bertz CT molecular complexity index is 987. The van der Waals surface area contributed by atoms with Gasteiger partial charge in [-0.05, 0) is 32.4 Å². The molecule has 2 aromatic carbocycles. The van der Waals surface area contributed by atoms with Gasteiger partial charge in [0.2, 0.25) is 0 Å². The summed E-state index contributed by atoms with van der Waals surface area (Å²) in [7, 11) is -4.14. The number of nitro benzene ring substituents is 2. The standard InChI is InChI=1S/C16H17N3O6S/c1-4-17(15-9-13(18(20)21)7-5-11(15)2)26(24,25)14-8-6-12(3)16(10-14)19(22)23/h5-10H,4H2,1-3H3. The number of nitrogens with zero attached hydrogens (tertiary/aromatic N) is 3. The summed E-state index contributed by atoms with van der Waals surface area (Å²) >= 11 is 0. The van der Waals surface area contributed by atoms with Gasteiger partial charge >= 0.3 is 0 Å². The lowest BCUT2D eigenvalue weighted by molar-refractivity contribution is -0.385. The molecule has 2 aromatic rings. The van der Waals surface area contributed by atoms with E-state index in [0.717, 1.165) is 10.4 Å². The zero-order valence-corrected chi connectivity index (χ0v) is 15.2. The second-order valence-corrected chi connectivity index (χ2v) is 7.47. The van der Waals surface area contributed by atoms with E-state index in [4.69, 9.17) is 0 Å². The lowest BCUT2D eigenvalue weighted by Gasteiger charge is -2.24. The Morgan fingerprint density at radius 3 is 2.12 bits per heavy atom.